The Hall–Kier alpha value is -1.82. The molecule has 5 nitrogen and oxygen atoms in total. The van der Waals surface area contributed by atoms with Crippen molar-refractivity contribution >= 4 is 17.3 Å². The number of likely N-dealkylation sites (N-methyl/N-ethyl adjacent to an activating group) is 1. The molecule has 0 amide bonds. The molecule has 0 radical (unpaired) electrons. The summed E-state index contributed by atoms with van der Waals surface area (Å²) in [4.78, 5) is 15.6. The van der Waals surface area contributed by atoms with Crippen molar-refractivity contribution in [2.75, 3.05) is 30.8 Å². The highest BCUT2D eigenvalue weighted by Gasteiger charge is 2.30. The SMILES string of the molecule is CC1CN(c2ccc(F)c(N)c2C(=O)O)CC(C)N1C. The zero-order chi connectivity index (χ0) is 15.0. The summed E-state index contributed by atoms with van der Waals surface area (Å²) < 4.78 is 13.5. The van der Waals surface area contributed by atoms with E-state index in [-0.39, 0.29) is 23.3 Å². The molecular weight excluding hydrogens is 261 g/mol. The summed E-state index contributed by atoms with van der Waals surface area (Å²) in [6, 6.07) is 3.29. The maximum Gasteiger partial charge on any atom is 0.340 e. The average molecular weight is 281 g/mol. The zero-order valence-electron chi connectivity index (χ0n) is 11.9. The number of hydrogen-bond donors (Lipinski definition) is 2. The molecule has 0 spiro atoms. The predicted molar refractivity (Wildman–Crippen MR) is 76.7 cm³/mol. The van der Waals surface area contributed by atoms with Gasteiger partial charge in [-0.15, -0.1) is 0 Å². The minimum Gasteiger partial charge on any atom is -0.478 e. The van der Waals surface area contributed by atoms with Crippen LogP contribution in [0.25, 0.3) is 0 Å². The van der Waals surface area contributed by atoms with Gasteiger partial charge < -0.3 is 15.7 Å². The fraction of sp³-hybridized carbons (Fsp3) is 0.500. The van der Waals surface area contributed by atoms with Crippen LogP contribution in [0.5, 0.6) is 0 Å². The van der Waals surface area contributed by atoms with E-state index in [1.165, 1.54) is 12.1 Å². The first-order chi connectivity index (χ1) is 9.32. The van der Waals surface area contributed by atoms with Crippen molar-refractivity contribution in [3.63, 3.8) is 0 Å². The number of nitrogens with two attached hydrogens (primary N) is 1. The van der Waals surface area contributed by atoms with Crippen LogP contribution in [0.2, 0.25) is 0 Å². The van der Waals surface area contributed by atoms with Crippen molar-refractivity contribution in [1.29, 1.82) is 0 Å². The highest BCUT2D eigenvalue weighted by Crippen LogP contribution is 2.30. The minimum absolute atomic E-state index is 0.144. The Morgan fingerprint density at radius 2 is 1.90 bits per heavy atom. The van der Waals surface area contributed by atoms with E-state index in [0.717, 1.165) is 0 Å². The lowest BCUT2D eigenvalue weighted by atomic mass is 10.0. The van der Waals surface area contributed by atoms with Crippen molar-refractivity contribution in [1.82, 2.24) is 4.90 Å². The van der Waals surface area contributed by atoms with E-state index < -0.39 is 11.8 Å². The summed E-state index contributed by atoms with van der Waals surface area (Å²) in [5.41, 5.74) is 5.64. The number of carboxylic acids is 1. The number of benzene rings is 1. The summed E-state index contributed by atoms with van der Waals surface area (Å²) in [5, 5.41) is 9.30. The van der Waals surface area contributed by atoms with E-state index >= 15 is 0 Å². The molecule has 2 unspecified atom stereocenters. The Bertz CT molecular complexity index is 523. The van der Waals surface area contributed by atoms with Gasteiger partial charge in [-0.05, 0) is 33.0 Å². The van der Waals surface area contributed by atoms with Crippen LogP contribution in [0, 0.1) is 5.82 Å². The van der Waals surface area contributed by atoms with Crippen molar-refractivity contribution in [2.24, 2.45) is 0 Å². The van der Waals surface area contributed by atoms with Gasteiger partial charge >= 0.3 is 5.97 Å². The number of piperazine rings is 1. The highest BCUT2D eigenvalue weighted by molar-refractivity contribution is 6.00. The largest absolute Gasteiger partial charge is 0.478 e. The zero-order valence-corrected chi connectivity index (χ0v) is 11.9. The van der Waals surface area contributed by atoms with Crippen LogP contribution >= 0.6 is 0 Å². The van der Waals surface area contributed by atoms with Crippen LogP contribution in [-0.4, -0.2) is 48.2 Å². The Kier molecular flexibility index (Phi) is 3.85. The molecular formula is C14H20FN3O2. The third-order valence-electron chi connectivity index (χ3n) is 4.08. The van der Waals surface area contributed by atoms with Gasteiger partial charge in [0.1, 0.15) is 11.4 Å². The highest BCUT2D eigenvalue weighted by atomic mass is 19.1. The summed E-state index contributed by atoms with van der Waals surface area (Å²) in [5.74, 6) is -1.89. The van der Waals surface area contributed by atoms with Crippen LogP contribution in [0.15, 0.2) is 12.1 Å². The topological polar surface area (TPSA) is 69.8 Å². The second-order valence-electron chi connectivity index (χ2n) is 5.43. The molecule has 1 aliphatic rings. The van der Waals surface area contributed by atoms with Gasteiger partial charge in [0, 0.05) is 25.2 Å². The molecule has 1 heterocycles. The Labute approximate surface area is 117 Å². The molecule has 110 valence electrons. The van der Waals surface area contributed by atoms with Crippen molar-refractivity contribution < 1.29 is 14.3 Å². The van der Waals surface area contributed by atoms with Gasteiger partial charge in [-0.1, -0.05) is 0 Å². The quantitative estimate of drug-likeness (QED) is 0.806. The normalized spacial score (nSPS) is 23.9. The number of halogens is 1. The van der Waals surface area contributed by atoms with Gasteiger partial charge in [0.15, 0.2) is 0 Å². The number of nitrogen functional groups attached to an aromatic ring is 1. The number of hydrogen-bond acceptors (Lipinski definition) is 4. The fourth-order valence-electron chi connectivity index (χ4n) is 2.67. The summed E-state index contributed by atoms with van der Waals surface area (Å²) in [7, 11) is 2.05. The minimum atomic E-state index is -1.20. The Balaban J connectivity index is 2.43. The molecule has 1 aromatic carbocycles. The van der Waals surface area contributed by atoms with E-state index in [1.54, 1.807) is 0 Å². The van der Waals surface area contributed by atoms with Crippen molar-refractivity contribution in [2.45, 2.75) is 25.9 Å². The summed E-state index contributed by atoms with van der Waals surface area (Å²) in [6.45, 7) is 5.53. The maximum absolute atomic E-state index is 13.5. The second-order valence-corrected chi connectivity index (χ2v) is 5.43. The van der Waals surface area contributed by atoms with Crippen LogP contribution in [0.4, 0.5) is 15.8 Å². The first-order valence-corrected chi connectivity index (χ1v) is 6.61. The third kappa shape index (κ3) is 2.43. The first-order valence-electron chi connectivity index (χ1n) is 6.61. The fourth-order valence-corrected chi connectivity index (χ4v) is 2.67. The lowest BCUT2D eigenvalue weighted by Gasteiger charge is -2.44. The Morgan fingerprint density at radius 1 is 1.35 bits per heavy atom. The summed E-state index contributed by atoms with van der Waals surface area (Å²) >= 11 is 0. The molecule has 0 aliphatic carbocycles. The number of rotatable bonds is 2. The number of carboxylic acid groups (broad SMARTS) is 1. The monoisotopic (exact) mass is 281 g/mol. The van der Waals surface area contributed by atoms with Gasteiger partial charge in [-0.2, -0.15) is 0 Å². The van der Waals surface area contributed by atoms with E-state index in [0.29, 0.717) is 18.8 Å². The van der Waals surface area contributed by atoms with Crippen LogP contribution in [0.3, 0.4) is 0 Å². The third-order valence-corrected chi connectivity index (χ3v) is 4.08. The number of carbonyl (C=O) groups is 1. The van der Waals surface area contributed by atoms with E-state index in [4.69, 9.17) is 5.73 Å². The molecule has 0 saturated carbocycles. The molecule has 1 aromatic rings. The number of anilines is 2. The standard InChI is InChI=1S/C14H20FN3O2/c1-8-6-18(7-9(2)17(8)3)11-5-4-10(15)13(16)12(11)14(19)20/h4-5,8-9H,6-7,16H2,1-3H3,(H,19,20). The van der Waals surface area contributed by atoms with Crippen LogP contribution < -0.4 is 10.6 Å². The molecule has 6 heteroatoms. The van der Waals surface area contributed by atoms with Gasteiger partial charge in [0.25, 0.3) is 0 Å². The molecule has 2 rings (SSSR count). The molecule has 1 fully saturated rings. The van der Waals surface area contributed by atoms with Gasteiger partial charge in [-0.3, -0.25) is 4.90 Å². The van der Waals surface area contributed by atoms with E-state index in [2.05, 4.69) is 18.7 Å². The lowest BCUT2D eigenvalue weighted by molar-refractivity contribution is 0.0697. The molecule has 3 N–H and O–H groups in total. The lowest BCUT2D eigenvalue weighted by Crippen LogP contribution is -2.55. The Morgan fingerprint density at radius 3 is 2.40 bits per heavy atom. The molecule has 0 bridgehead atoms. The van der Waals surface area contributed by atoms with E-state index in [1.807, 2.05) is 11.9 Å². The smallest absolute Gasteiger partial charge is 0.340 e. The molecule has 2 atom stereocenters. The first kappa shape index (κ1) is 14.6. The van der Waals surface area contributed by atoms with E-state index in [9.17, 15) is 14.3 Å². The molecule has 1 aliphatic heterocycles. The maximum atomic E-state index is 13.5. The van der Waals surface area contributed by atoms with Crippen LogP contribution in [-0.2, 0) is 0 Å². The van der Waals surface area contributed by atoms with Gasteiger partial charge in [-0.25, -0.2) is 9.18 Å². The number of aromatic carboxylic acids is 1. The predicted octanol–water partition coefficient (Wildman–Crippen LogP) is 1.63. The summed E-state index contributed by atoms with van der Waals surface area (Å²) in [6.07, 6.45) is 0. The van der Waals surface area contributed by atoms with Crippen molar-refractivity contribution in [3.05, 3.63) is 23.5 Å². The van der Waals surface area contributed by atoms with Gasteiger partial charge in [0.2, 0.25) is 0 Å². The second kappa shape index (κ2) is 5.28. The number of nitrogens with zero attached hydrogens (tertiary/aromatic N) is 2. The van der Waals surface area contributed by atoms with Gasteiger partial charge in [0.05, 0.1) is 11.4 Å². The average Bonchev–Trinajstić information content (AvgIpc) is 2.37. The molecule has 20 heavy (non-hydrogen) atoms. The molecule has 0 aromatic heterocycles. The van der Waals surface area contributed by atoms with Crippen LogP contribution in [0.1, 0.15) is 24.2 Å². The molecule has 1 saturated heterocycles. The van der Waals surface area contributed by atoms with Crippen molar-refractivity contribution in [3.8, 4) is 0 Å².